The van der Waals surface area contributed by atoms with Crippen LogP contribution in [0.15, 0.2) is 23.8 Å². The van der Waals surface area contributed by atoms with E-state index in [4.69, 9.17) is 0 Å². The van der Waals surface area contributed by atoms with Crippen molar-refractivity contribution in [2.45, 2.75) is 0 Å². The molecule has 0 amide bonds. The molecule has 33 valence electrons. The number of hydrogen-bond acceptors (Lipinski definition) is 1. The number of carbonyl (C=O) groups excluding carboxylic acids is 1. The quantitative estimate of drug-likeness (QED) is 0.400. The predicted molar refractivity (Wildman–Crippen MR) is 26.2 cm³/mol. The van der Waals surface area contributed by atoms with Crippen LogP contribution in [0, 0.1) is 6.08 Å². The highest BCUT2D eigenvalue weighted by Crippen LogP contribution is 1.99. The van der Waals surface area contributed by atoms with E-state index in [-0.39, 0.29) is 0 Å². The molecule has 1 rings (SSSR count). The lowest BCUT2D eigenvalue weighted by molar-refractivity contribution is 0.568. The lowest BCUT2D eigenvalue weighted by atomic mass is 10.3. The summed E-state index contributed by atoms with van der Waals surface area (Å²) >= 11 is 0. The molecular formula is C6H3O. The van der Waals surface area contributed by atoms with E-state index >= 15 is 0 Å². The zero-order valence-corrected chi connectivity index (χ0v) is 3.64. The fourth-order valence-corrected chi connectivity index (χ4v) is 0.394. The number of rotatable bonds is 0. The standard InChI is InChI=1S/C6H3O/c7-5-6-3-1-2-4-6/h1-3H. The summed E-state index contributed by atoms with van der Waals surface area (Å²) in [6.07, 6.45) is 7.75. The van der Waals surface area contributed by atoms with Gasteiger partial charge in [0.05, 0.1) is 5.57 Å². The van der Waals surface area contributed by atoms with Crippen molar-refractivity contribution >= 4 is 5.94 Å². The van der Waals surface area contributed by atoms with Gasteiger partial charge in [-0.25, -0.2) is 4.79 Å². The van der Waals surface area contributed by atoms with Crippen LogP contribution in [0.2, 0.25) is 0 Å². The topological polar surface area (TPSA) is 17.1 Å². The predicted octanol–water partition coefficient (Wildman–Crippen LogP) is 0.674. The first-order valence-electron chi connectivity index (χ1n) is 1.95. The van der Waals surface area contributed by atoms with E-state index in [0.717, 1.165) is 0 Å². The van der Waals surface area contributed by atoms with Gasteiger partial charge in [0, 0.05) is 6.08 Å². The van der Waals surface area contributed by atoms with Gasteiger partial charge in [0.1, 0.15) is 5.94 Å². The Balaban J connectivity index is 3.00. The minimum atomic E-state index is 0.500. The van der Waals surface area contributed by atoms with E-state index in [1.54, 1.807) is 24.2 Å². The lowest BCUT2D eigenvalue weighted by Crippen LogP contribution is -1.62. The molecule has 0 saturated heterocycles. The van der Waals surface area contributed by atoms with Crippen LogP contribution in [-0.4, -0.2) is 5.94 Å². The van der Waals surface area contributed by atoms with Crippen LogP contribution in [-0.2, 0) is 4.79 Å². The number of hydrogen-bond donors (Lipinski definition) is 0. The molecule has 0 saturated carbocycles. The monoisotopic (exact) mass is 91.0 g/mol. The summed E-state index contributed by atoms with van der Waals surface area (Å²) in [7, 11) is 0. The average molecular weight is 91.1 g/mol. The minimum Gasteiger partial charge on any atom is -0.233 e. The van der Waals surface area contributed by atoms with Gasteiger partial charge in [0.15, 0.2) is 0 Å². The molecule has 0 aromatic carbocycles. The molecule has 0 N–H and O–H groups in total. The first-order valence-corrected chi connectivity index (χ1v) is 1.95. The molecule has 0 bridgehead atoms. The molecule has 1 nitrogen and oxygen atoms in total. The van der Waals surface area contributed by atoms with Gasteiger partial charge in [0.25, 0.3) is 0 Å². The van der Waals surface area contributed by atoms with Gasteiger partial charge < -0.3 is 0 Å². The van der Waals surface area contributed by atoms with Crippen molar-refractivity contribution in [3.8, 4) is 0 Å². The summed E-state index contributed by atoms with van der Waals surface area (Å²) in [5.41, 5.74) is 0.500. The number of allylic oxidation sites excluding steroid dienone is 5. The summed E-state index contributed by atoms with van der Waals surface area (Å²) in [6.45, 7) is 0. The second-order valence-electron chi connectivity index (χ2n) is 1.19. The third-order valence-electron chi connectivity index (χ3n) is 0.708. The van der Waals surface area contributed by atoms with Gasteiger partial charge in [-0.15, -0.1) is 0 Å². The molecule has 0 aromatic rings. The molecular weight excluding hydrogens is 88.1 g/mol. The fraction of sp³-hybridized carbons (Fsp3) is 0. The first-order chi connectivity index (χ1) is 3.43. The van der Waals surface area contributed by atoms with E-state index < -0.39 is 0 Å². The summed E-state index contributed by atoms with van der Waals surface area (Å²) in [6, 6.07) is 0. The van der Waals surface area contributed by atoms with Gasteiger partial charge in [0.2, 0.25) is 0 Å². The molecule has 7 heavy (non-hydrogen) atoms. The third-order valence-corrected chi connectivity index (χ3v) is 0.708. The molecule has 1 aliphatic carbocycles. The Morgan fingerprint density at radius 2 is 2.57 bits per heavy atom. The maximum atomic E-state index is 9.71. The molecule has 0 aromatic heterocycles. The summed E-state index contributed by atoms with van der Waals surface area (Å²) < 4.78 is 0. The van der Waals surface area contributed by atoms with E-state index in [9.17, 15) is 4.79 Å². The highest BCUT2D eigenvalue weighted by Gasteiger charge is 1.88. The Morgan fingerprint density at radius 1 is 1.71 bits per heavy atom. The second kappa shape index (κ2) is 1.59. The largest absolute Gasteiger partial charge is 0.233 e. The Morgan fingerprint density at radius 3 is 2.86 bits per heavy atom. The van der Waals surface area contributed by atoms with Crippen molar-refractivity contribution < 1.29 is 4.79 Å². The maximum absolute atomic E-state index is 9.71. The van der Waals surface area contributed by atoms with Gasteiger partial charge in [-0.3, -0.25) is 0 Å². The van der Waals surface area contributed by atoms with Crippen LogP contribution in [0.4, 0.5) is 0 Å². The molecule has 1 aliphatic rings. The smallest absolute Gasteiger partial charge is 0.133 e. The molecule has 0 spiro atoms. The Bertz CT molecular complexity index is 155. The van der Waals surface area contributed by atoms with Crippen LogP contribution in [0.3, 0.4) is 0 Å². The molecule has 1 heteroatoms. The van der Waals surface area contributed by atoms with Crippen LogP contribution in [0.25, 0.3) is 0 Å². The Hall–Kier alpha value is -1.07. The van der Waals surface area contributed by atoms with Crippen molar-refractivity contribution in [2.24, 2.45) is 0 Å². The normalized spacial score (nSPS) is 15.1. The van der Waals surface area contributed by atoms with Crippen molar-refractivity contribution in [3.63, 3.8) is 0 Å². The maximum Gasteiger partial charge on any atom is 0.133 e. The molecule has 0 heterocycles. The van der Waals surface area contributed by atoms with E-state index in [1.165, 1.54) is 0 Å². The van der Waals surface area contributed by atoms with Crippen LogP contribution in [0.1, 0.15) is 0 Å². The van der Waals surface area contributed by atoms with Crippen molar-refractivity contribution in [1.82, 2.24) is 0 Å². The van der Waals surface area contributed by atoms with Crippen molar-refractivity contribution in [3.05, 3.63) is 29.9 Å². The zero-order chi connectivity index (χ0) is 5.11. The van der Waals surface area contributed by atoms with Gasteiger partial charge in [-0.05, 0) is 6.08 Å². The second-order valence-corrected chi connectivity index (χ2v) is 1.19. The van der Waals surface area contributed by atoms with Crippen LogP contribution < -0.4 is 0 Å². The van der Waals surface area contributed by atoms with E-state index in [0.29, 0.717) is 5.57 Å². The van der Waals surface area contributed by atoms with Gasteiger partial charge >= 0.3 is 0 Å². The minimum absolute atomic E-state index is 0.500. The molecule has 0 fully saturated rings. The summed E-state index contributed by atoms with van der Waals surface area (Å²) in [5, 5.41) is 0. The lowest BCUT2D eigenvalue weighted by Gasteiger charge is -1.66. The van der Waals surface area contributed by atoms with Crippen LogP contribution >= 0.6 is 0 Å². The Kier molecular flexibility index (Phi) is 0.928. The van der Waals surface area contributed by atoms with Gasteiger partial charge in [-0.2, -0.15) is 0 Å². The van der Waals surface area contributed by atoms with Crippen LogP contribution in [0.5, 0.6) is 0 Å². The molecule has 0 unspecified atom stereocenters. The van der Waals surface area contributed by atoms with Crippen molar-refractivity contribution in [1.29, 1.82) is 0 Å². The molecule has 0 aliphatic heterocycles. The highest BCUT2D eigenvalue weighted by atomic mass is 16.1. The first kappa shape index (κ1) is 4.10. The molecule has 1 radical (unpaired) electrons. The Labute approximate surface area is 41.7 Å². The van der Waals surface area contributed by atoms with Gasteiger partial charge in [-0.1, -0.05) is 12.2 Å². The fourth-order valence-electron chi connectivity index (χ4n) is 0.394. The SMILES string of the molecule is O=C=C1[C]=CC=C1. The average Bonchev–Trinajstić information content (AvgIpc) is 2.14. The third kappa shape index (κ3) is 0.673. The van der Waals surface area contributed by atoms with Crippen molar-refractivity contribution in [2.75, 3.05) is 0 Å². The zero-order valence-electron chi connectivity index (χ0n) is 3.64. The highest BCUT2D eigenvalue weighted by molar-refractivity contribution is 5.62. The summed E-state index contributed by atoms with van der Waals surface area (Å²) in [4.78, 5) is 9.71. The van der Waals surface area contributed by atoms with E-state index in [1.807, 2.05) is 0 Å². The van der Waals surface area contributed by atoms with E-state index in [2.05, 4.69) is 6.08 Å². The molecule has 0 atom stereocenters. The summed E-state index contributed by atoms with van der Waals surface area (Å²) in [5.74, 6) is 1.70.